The van der Waals surface area contributed by atoms with Crippen molar-refractivity contribution in [2.75, 3.05) is 6.54 Å². The van der Waals surface area contributed by atoms with E-state index in [1.165, 1.54) is 11.1 Å². The van der Waals surface area contributed by atoms with Gasteiger partial charge in [-0.15, -0.1) is 13.1 Å². The highest BCUT2D eigenvalue weighted by Gasteiger charge is 2.12. The fourth-order valence-electron chi connectivity index (χ4n) is 2.21. The average molecular weight is 282 g/mol. The monoisotopic (exact) mass is 282 g/mol. The van der Waals surface area contributed by atoms with Crippen LogP contribution in [0.5, 0.6) is 0 Å². The highest BCUT2D eigenvalue weighted by atomic mass is 16.3. The number of aliphatic hydroxyl groups excluding tert-OH is 1. The molecule has 0 aliphatic rings. The van der Waals surface area contributed by atoms with Gasteiger partial charge >= 0.3 is 0 Å². The Morgan fingerprint density at radius 1 is 0.952 bits per heavy atom. The molecule has 1 unspecified atom stereocenters. The van der Waals surface area contributed by atoms with E-state index in [4.69, 9.17) is 0 Å². The molecule has 0 fully saturated rings. The summed E-state index contributed by atoms with van der Waals surface area (Å²) in [6, 6.07) is 18.3. The van der Waals surface area contributed by atoms with Crippen molar-refractivity contribution in [1.29, 1.82) is 0 Å². The lowest BCUT2D eigenvalue weighted by Crippen LogP contribution is -2.10. The van der Waals surface area contributed by atoms with Crippen molar-refractivity contribution in [3.63, 3.8) is 0 Å². The fraction of sp³-hybridized carbons (Fsp3) is 0.368. The molecule has 1 atom stereocenters. The highest BCUT2D eigenvalue weighted by molar-refractivity contribution is 5.28. The Morgan fingerprint density at radius 2 is 1.57 bits per heavy atom. The Hall–Kier alpha value is -1.64. The van der Waals surface area contributed by atoms with E-state index in [-0.39, 0.29) is 5.41 Å². The summed E-state index contributed by atoms with van der Waals surface area (Å²) in [7, 11) is 0. The first-order valence-corrected chi connectivity index (χ1v) is 7.42. The molecule has 0 saturated heterocycles. The first kappa shape index (κ1) is 15.7. The summed E-state index contributed by atoms with van der Waals surface area (Å²) in [5.74, 6) is 0. The summed E-state index contributed by atoms with van der Waals surface area (Å²) < 4.78 is 0. The van der Waals surface area contributed by atoms with E-state index in [0.29, 0.717) is 13.1 Å². The largest absolute Gasteiger partial charge is 0.656 e. The van der Waals surface area contributed by atoms with Crippen LogP contribution in [0.3, 0.4) is 0 Å². The smallest absolute Gasteiger partial charge is 0.0603 e. The molecule has 0 amide bonds. The third-order valence-electron chi connectivity index (χ3n) is 3.60. The number of aliphatic hydroxyl groups is 1. The normalized spacial score (nSPS) is 13.1. The van der Waals surface area contributed by atoms with Gasteiger partial charge in [-0.2, -0.15) is 0 Å². The van der Waals surface area contributed by atoms with Crippen LogP contribution in [-0.2, 0) is 12.0 Å². The van der Waals surface area contributed by atoms with Crippen LogP contribution < -0.4 is 0 Å². The van der Waals surface area contributed by atoms with E-state index < -0.39 is 6.10 Å². The lowest BCUT2D eigenvalue weighted by Gasteiger charge is -2.24. The second-order valence-corrected chi connectivity index (χ2v) is 6.44. The van der Waals surface area contributed by atoms with Crippen LogP contribution in [0.25, 0.3) is 5.32 Å². The molecule has 0 aromatic heterocycles. The maximum Gasteiger partial charge on any atom is 0.0603 e. The molecule has 0 bridgehead atoms. The molecule has 0 aliphatic carbocycles. The second-order valence-electron chi connectivity index (χ2n) is 6.44. The molecule has 2 rings (SSSR count). The molecular weight excluding hydrogens is 258 g/mol. The molecule has 2 aromatic carbocycles. The summed E-state index contributed by atoms with van der Waals surface area (Å²) >= 11 is 0. The van der Waals surface area contributed by atoms with Gasteiger partial charge in [0.25, 0.3) is 0 Å². The Bertz CT molecular complexity index is 540. The van der Waals surface area contributed by atoms with Crippen molar-refractivity contribution in [3.05, 3.63) is 76.6 Å². The van der Waals surface area contributed by atoms with Gasteiger partial charge in [-0.3, -0.25) is 0 Å². The molecule has 2 heteroatoms. The molecule has 0 saturated carbocycles. The standard InChI is InChI=1S/C19H24NO/c1-19(2,3)17-11-9-15(10-12-17)13-20-14-18(21)16-7-5-4-6-8-16/h4-12,18,21H,13-14H2,1-3H3/q-1. The zero-order valence-electron chi connectivity index (χ0n) is 13.1. The van der Waals surface area contributed by atoms with Crippen LogP contribution in [0.1, 0.15) is 43.6 Å². The minimum absolute atomic E-state index is 0.180. The molecule has 0 radical (unpaired) electrons. The Labute approximate surface area is 127 Å². The van der Waals surface area contributed by atoms with Gasteiger partial charge in [-0.25, -0.2) is 0 Å². The average Bonchev–Trinajstić information content (AvgIpc) is 2.47. The topological polar surface area (TPSA) is 34.3 Å². The summed E-state index contributed by atoms with van der Waals surface area (Å²) in [5.41, 5.74) is 3.61. The Balaban J connectivity index is 1.84. The predicted octanol–water partition coefficient (Wildman–Crippen LogP) is 4.59. The van der Waals surface area contributed by atoms with Gasteiger partial charge in [-0.1, -0.05) is 80.9 Å². The minimum Gasteiger partial charge on any atom is -0.656 e. The number of hydrogen-bond acceptors (Lipinski definition) is 1. The fourth-order valence-corrected chi connectivity index (χ4v) is 2.21. The third-order valence-corrected chi connectivity index (χ3v) is 3.60. The minimum atomic E-state index is -0.514. The van der Waals surface area contributed by atoms with Crippen molar-refractivity contribution in [3.8, 4) is 0 Å². The molecule has 1 N–H and O–H groups in total. The van der Waals surface area contributed by atoms with Crippen molar-refractivity contribution >= 4 is 0 Å². The van der Waals surface area contributed by atoms with Gasteiger partial charge < -0.3 is 10.4 Å². The van der Waals surface area contributed by atoms with Gasteiger partial charge in [-0.05, 0) is 16.5 Å². The van der Waals surface area contributed by atoms with E-state index in [2.05, 4.69) is 50.4 Å². The van der Waals surface area contributed by atoms with E-state index in [1.54, 1.807) is 0 Å². The zero-order valence-corrected chi connectivity index (χ0v) is 13.1. The summed E-state index contributed by atoms with van der Waals surface area (Å²) in [6.45, 7) is 7.72. The van der Waals surface area contributed by atoms with E-state index in [0.717, 1.165) is 5.56 Å². The zero-order chi connectivity index (χ0) is 15.3. The third kappa shape index (κ3) is 4.69. The maximum atomic E-state index is 10.1. The number of benzene rings is 2. The molecule has 0 aliphatic heterocycles. The number of nitrogens with zero attached hydrogens (tertiary/aromatic N) is 1. The van der Waals surface area contributed by atoms with Crippen molar-refractivity contribution in [2.24, 2.45) is 0 Å². The summed E-state index contributed by atoms with van der Waals surface area (Å²) in [5, 5.41) is 14.5. The first-order valence-electron chi connectivity index (χ1n) is 7.42. The number of hydrogen-bond donors (Lipinski definition) is 1. The molecule has 0 spiro atoms. The molecule has 2 nitrogen and oxygen atoms in total. The second kappa shape index (κ2) is 6.88. The van der Waals surface area contributed by atoms with Crippen molar-refractivity contribution < 1.29 is 5.11 Å². The van der Waals surface area contributed by atoms with Gasteiger partial charge in [0.05, 0.1) is 6.10 Å². The molecule has 2 aromatic rings. The number of rotatable bonds is 5. The summed E-state index contributed by atoms with van der Waals surface area (Å²) in [6.07, 6.45) is -0.514. The molecule has 21 heavy (non-hydrogen) atoms. The molecular formula is C19H24NO-. The van der Waals surface area contributed by atoms with Crippen LogP contribution in [0, 0.1) is 0 Å². The van der Waals surface area contributed by atoms with Crippen molar-refractivity contribution in [2.45, 2.75) is 38.8 Å². The van der Waals surface area contributed by atoms with Crippen LogP contribution in [0.4, 0.5) is 0 Å². The van der Waals surface area contributed by atoms with Gasteiger partial charge in [0.1, 0.15) is 0 Å². The quantitative estimate of drug-likeness (QED) is 0.855. The lowest BCUT2D eigenvalue weighted by atomic mass is 9.87. The predicted molar refractivity (Wildman–Crippen MR) is 88.5 cm³/mol. The first-order chi connectivity index (χ1) is 9.97. The van der Waals surface area contributed by atoms with Gasteiger partial charge in [0, 0.05) is 0 Å². The van der Waals surface area contributed by atoms with Gasteiger partial charge in [0.15, 0.2) is 0 Å². The lowest BCUT2D eigenvalue weighted by molar-refractivity contribution is 0.193. The molecule has 0 heterocycles. The Kier molecular flexibility index (Phi) is 5.16. The molecule has 112 valence electrons. The van der Waals surface area contributed by atoms with Crippen LogP contribution in [0.15, 0.2) is 54.6 Å². The van der Waals surface area contributed by atoms with E-state index >= 15 is 0 Å². The van der Waals surface area contributed by atoms with Crippen LogP contribution >= 0.6 is 0 Å². The highest BCUT2D eigenvalue weighted by Crippen LogP contribution is 2.23. The van der Waals surface area contributed by atoms with Crippen molar-refractivity contribution in [1.82, 2.24) is 0 Å². The van der Waals surface area contributed by atoms with E-state index in [9.17, 15) is 5.11 Å². The Morgan fingerprint density at radius 3 is 2.14 bits per heavy atom. The van der Waals surface area contributed by atoms with E-state index in [1.807, 2.05) is 30.3 Å². The SMILES string of the molecule is CC(C)(C)c1ccc(C[N-]CC(O)c2ccccc2)cc1. The van der Waals surface area contributed by atoms with Crippen LogP contribution in [-0.4, -0.2) is 11.7 Å². The van der Waals surface area contributed by atoms with Crippen LogP contribution in [0.2, 0.25) is 0 Å². The maximum absolute atomic E-state index is 10.1. The summed E-state index contributed by atoms with van der Waals surface area (Å²) in [4.78, 5) is 0. The van der Waals surface area contributed by atoms with Gasteiger partial charge in [0.2, 0.25) is 0 Å².